The fraction of sp³-hybridized carbons (Fsp3) is 0.421. The summed E-state index contributed by atoms with van der Waals surface area (Å²) in [5.74, 6) is 1.40. The molecule has 10 nitrogen and oxygen atoms in total. The Labute approximate surface area is 280 Å². The van der Waals surface area contributed by atoms with Crippen LogP contribution in [0, 0.1) is 0 Å². The third kappa shape index (κ3) is 5.46. The van der Waals surface area contributed by atoms with Crippen LogP contribution in [0.25, 0.3) is 44.3 Å². The maximum atomic E-state index is 11.8. The zero-order valence-electron chi connectivity index (χ0n) is 28.5. The number of hydrogen-bond acceptors (Lipinski definition) is 4. The van der Waals surface area contributed by atoms with Crippen molar-refractivity contribution in [3.63, 3.8) is 0 Å². The molecule has 0 radical (unpaired) electrons. The minimum atomic E-state index is -0.909. The van der Waals surface area contributed by atoms with E-state index >= 15 is 0 Å². The van der Waals surface area contributed by atoms with Crippen LogP contribution in [0.15, 0.2) is 48.5 Å². The van der Waals surface area contributed by atoms with Gasteiger partial charge in [-0.25, -0.2) is 19.6 Å². The molecular formula is C38H44N6O4. The predicted molar refractivity (Wildman–Crippen MR) is 187 cm³/mol. The second-order valence-corrected chi connectivity index (χ2v) is 15.4. The van der Waals surface area contributed by atoms with Crippen molar-refractivity contribution in [2.45, 2.75) is 90.1 Å². The Morgan fingerprint density at radius 1 is 0.667 bits per heavy atom. The molecule has 4 heterocycles. The number of nitrogens with one attached hydrogen (secondary N) is 2. The lowest BCUT2D eigenvalue weighted by Crippen LogP contribution is -2.29. The molecule has 2 aliphatic heterocycles. The second kappa shape index (κ2) is 11.4. The fourth-order valence-corrected chi connectivity index (χ4v) is 7.90. The van der Waals surface area contributed by atoms with Crippen LogP contribution in [0.2, 0.25) is 0 Å². The number of benzene rings is 3. The predicted octanol–water partition coefficient (Wildman–Crippen LogP) is 9.00. The molecule has 2 aromatic heterocycles. The number of fused-ring (bicyclic) bond motifs is 2. The largest absolute Gasteiger partial charge is 0.465 e. The quantitative estimate of drug-likeness (QED) is 0.153. The summed E-state index contributed by atoms with van der Waals surface area (Å²) in [6, 6.07) is 16.5. The molecule has 48 heavy (non-hydrogen) atoms. The van der Waals surface area contributed by atoms with Gasteiger partial charge in [0.25, 0.3) is 0 Å². The van der Waals surface area contributed by atoms with Crippen molar-refractivity contribution < 1.29 is 19.8 Å². The zero-order valence-corrected chi connectivity index (χ0v) is 28.5. The minimum absolute atomic E-state index is 0.197. The standard InChI is InChI=1S/C38H44N6O4/c1-37(2,3)31-23(21-11-15-25-27(19-21)41-33(39-25)29-9-7-17-43(29)35(45)46)13-14-24(32(31)38(4,5)6)22-12-16-26-28(20-22)42-34(40-26)30-10-8-18-44(30)36(47)48/h11-16,19-20,29-30H,7-10,17-18H2,1-6H3,(H,39,41)(H,40,42)(H,45,46)(H,47,48)/t29-,30-/m0/s1. The molecule has 4 N–H and O–H groups in total. The Morgan fingerprint density at radius 3 is 1.42 bits per heavy atom. The monoisotopic (exact) mass is 648 g/mol. The summed E-state index contributed by atoms with van der Waals surface area (Å²) in [7, 11) is 0. The van der Waals surface area contributed by atoms with Crippen LogP contribution >= 0.6 is 0 Å². The third-order valence-electron chi connectivity index (χ3n) is 9.96. The molecule has 0 bridgehead atoms. The maximum absolute atomic E-state index is 11.8. The van der Waals surface area contributed by atoms with Gasteiger partial charge in [-0.2, -0.15) is 0 Å². The minimum Gasteiger partial charge on any atom is -0.465 e. The molecule has 0 saturated carbocycles. The normalized spacial score (nSPS) is 18.8. The molecule has 10 heteroatoms. The van der Waals surface area contributed by atoms with Gasteiger partial charge in [0.2, 0.25) is 0 Å². The van der Waals surface area contributed by atoms with E-state index in [-0.39, 0.29) is 22.9 Å². The number of aromatic amines is 2. The summed E-state index contributed by atoms with van der Waals surface area (Å²) >= 11 is 0. The Morgan fingerprint density at radius 2 is 1.06 bits per heavy atom. The summed E-state index contributed by atoms with van der Waals surface area (Å²) in [6.45, 7) is 14.6. The highest BCUT2D eigenvalue weighted by Crippen LogP contribution is 2.46. The fourth-order valence-electron chi connectivity index (χ4n) is 7.90. The Balaban J connectivity index is 1.33. The van der Waals surface area contributed by atoms with Crippen molar-refractivity contribution in [2.75, 3.05) is 13.1 Å². The van der Waals surface area contributed by atoms with E-state index in [1.54, 1.807) is 0 Å². The van der Waals surface area contributed by atoms with Crippen LogP contribution in [0.4, 0.5) is 9.59 Å². The Hall–Kier alpha value is -4.86. The number of aromatic nitrogens is 4. The molecule has 7 rings (SSSR count). The second-order valence-electron chi connectivity index (χ2n) is 15.4. The van der Waals surface area contributed by atoms with Crippen LogP contribution in [-0.2, 0) is 10.8 Å². The van der Waals surface area contributed by atoms with Crippen molar-refractivity contribution in [3.05, 3.63) is 71.3 Å². The van der Waals surface area contributed by atoms with E-state index in [0.717, 1.165) is 70.0 Å². The zero-order chi connectivity index (χ0) is 34.1. The maximum Gasteiger partial charge on any atom is 0.407 e. The van der Waals surface area contributed by atoms with E-state index in [1.165, 1.54) is 20.9 Å². The van der Waals surface area contributed by atoms with Crippen molar-refractivity contribution in [2.24, 2.45) is 0 Å². The first kappa shape index (κ1) is 31.7. The topological polar surface area (TPSA) is 138 Å². The molecule has 0 spiro atoms. The van der Waals surface area contributed by atoms with Gasteiger partial charge in [-0.1, -0.05) is 65.8 Å². The molecule has 5 aromatic rings. The van der Waals surface area contributed by atoms with E-state index in [2.05, 4.69) is 100 Å². The highest BCUT2D eigenvalue weighted by molar-refractivity contribution is 5.88. The molecule has 250 valence electrons. The van der Waals surface area contributed by atoms with Crippen molar-refractivity contribution >= 4 is 34.3 Å². The number of carbonyl (C=O) groups is 2. The summed E-state index contributed by atoms with van der Waals surface area (Å²) in [4.78, 5) is 43.2. The van der Waals surface area contributed by atoms with E-state index < -0.39 is 12.2 Å². The lowest BCUT2D eigenvalue weighted by Gasteiger charge is -2.35. The molecular weight excluding hydrogens is 604 g/mol. The third-order valence-corrected chi connectivity index (χ3v) is 9.96. The summed E-state index contributed by atoms with van der Waals surface area (Å²) in [5.41, 5.74) is 10.0. The molecule has 2 amide bonds. The van der Waals surface area contributed by atoms with Gasteiger partial charge in [0.1, 0.15) is 11.6 Å². The summed E-state index contributed by atoms with van der Waals surface area (Å²) in [6.07, 6.45) is 1.36. The molecule has 2 aliphatic rings. The van der Waals surface area contributed by atoms with E-state index in [1.807, 2.05) is 0 Å². The molecule has 0 unspecified atom stereocenters. The Bertz CT molecular complexity index is 1920. The highest BCUT2D eigenvalue weighted by Gasteiger charge is 2.34. The summed E-state index contributed by atoms with van der Waals surface area (Å²) in [5, 5.41) is 19.4. The first-order valence-electron chi connectivity index (χ1n) is 16.9. The SMILES string of the molecule is CC(C)(C)c1c(-c2ccc3[nH]c([C@@H]4CCCN4C(=O)O)nc3c2)ccc(-c2ccc3[nH]c([C@@H]4CCCN4C(=O)O)nc3c2)c1C(C)(C)C. The number of nitrogens with zero attached hydrogens (tertiary/aromatic N) is 4. The molecule has 3 aromatic carbocycles. The van der Waals surface area contributed by atoms with Crippen molar-refractivity contribution in [1.82, 2.24) is 29.7 Å². The average Bonchev–Trinajstić information content (AvgIpc) is 3.83. The number of carboxylic acid groups (broad SMARTS) is 2. The smallest absolute Gasteiger partial charge is 0.407 e. The number of imidazole rings is 2. The summed E-state index contributed by atoms with van der Waals surface area (Å²) < 4.78 is 0. The van der Waals surface area contributed by atoms with Gasteiger partial charge in [-0.15, -0.1) is 0 Å². The van der Waals surface area contributed by atoms with E-state index in [9.17, 15) is 19.8 Å². The number of hydrogen-bond donors (Lipinski definition) is 4. The van der Waals surface area contributed by atoms with Crippen LogP contribution < -0.4 is 0 Å². The van der Waals surface area contributed by atoms with Gasteiger partial charge in [-0.05, 0) is 94.2 Å². The molecule has 2 atom stereocenters. The van der Waals surface area contributed by atoms with Gasteiger partial charge in [0.15, 0.2) is 0 Å². The van der Waals surface area contributed by atoms with E-state index in [4.69, 9.17) is 9.97 Å². The van der Waals surface area contributed by atoms with Gasteiger partial charge in [0.05, 0.1) is 34.2 Å². The van der Waals surface area contributed by atoms with Crippen LogP contribution in [0.5, 0.6) is 0 Å². The molecule has 0 aliphatic carbocycles. The lowest BCUT2D eigenvalue weighted by molar-refractivity contribution is 0.138. The lowest BCUT2D eigenvalue weighted by atomic mass is 9.69. The molecule has 2 fully saturated rings. The average molecular weight is 649 g/mol. The van der Waals surface area contributed by atoms with Crippen LogP contribution in [-0.4, -0.2) is 65.2 Å². The highest BCUT2D eigenvalue weighted by atomic mass is 16.4. The van der Waals surface area contributed by atoms with Crippen molar-refractivity contribution in [1.29, 1.82) is 0 Å². The molecule has 2 saturated heterocycles. The van der Waals surface area contributed by atoms with Crippen molar-refractivity contribution in [3.8, 4) is 22.3 Å². The van der Waals surface area contributed by atoms with Gasteiger partial charge in [0, 0.05) is 13.1 Å². The first-order valence-corrected chi connectivity index (χ1v) is 16.9. The number of rotatable bonds is 4. The van der Waals surface area contributed by atoms with Crippen LogP contribution in [0.1, 0.15) is 102 Å². The van der Waals surface area contributed by atoms with Gasteiger partial charge in [-0.3, -0.25) is 9.80 Å². The Kier molecular flexibility index (Phi) is 7.53. The van der Waals surface area contributed by atoms with Gasteiger partial charge >= 0.3 is 12.2 Å². The van der Waals surface area contributed by atoms with Gasteiger partial charge < -0.3 is 20.2 Å². The van der Waals surface area contributed by atoms with E-state index in [0.29, 0.717) is 24.7 Å². The first-order chi connectivity index (χ1) is 22.7. The number of likely N-dealkylation sites (tertiary alicyclic amines) is 2. The van der Waals surface area contributed by atoms with Crippen LogP contribution in [0.3, 0.4) is 0 Å². The number of amides is 2. The number of H-pyrrole nitrogens is 2.